The number of nitrogens with zero attached hydrogens (tertiary/aromatic N) is 1. The second-order valence-corrected chi connectivity index (χ2v) is 9.00. The maximum absolute atomic E-state index is 13.5. The van der Waals surface area contributed by atoms with E-state index < -0.39 is 5.91 Å². The molecule has 0 fully saturated rings. The SMILES string of the molecule is O=C(Cc1ccccc1)NNC(=O)c1ccc2c(c1)N=C(c1ccc(F)cc1)c1ccccc1S2. The molecule has 35 heavy (non-hydrogen) atoms. The van der Waals surface area contributed by atoms with Crippen molar-refractivity contribution < 1.29 is 14.0 Å². The fraction of sp³-hybridized carbons (Fsp3) is 0.0357. The Kier molecular flexibility index (Phi) is 6.41. The molecule has 0 saturated carbocycles. The topological polar surface area (TPSA) is 70.6 Å². The van der Waals surface area contributed by atoms with E-state index in [1.165, 1.54) is 12.1 Å². The Labute approximate surface area is 206 Å². The molecule has 0 spiro atoms. The van der Waals surface area contributed by atoms with E-state index in [1.807, 2.05) is 60.7 Å². The predicted octanol–water partition coefficient (Wildman–Crippen LogP) is 5.46. The summed E-state index contributed by atoms with van der Waals surface area (Å²) in [6.07, 6.45) is 0.158. The minimum absolute atomic E-state index is 0.158. The van der Waals surface area contributed by atoms with Gasteiger partial charge < -0.3 is 0 Å². The van der Waals surface area contributed by atoms with Crippen LogP contribution in [0.15, 0.2) is 112 Å². The molecule has 4 aromatic carbocycles. The smallest absolute Gasteiger partial charge is 0.269 e. The van der Waals surface area contributed by atoms with Crippen LogP contribution in [0, 0.1) is 5.82 Å². The lowest BCUT2D eigenvalue weighted by molar-refractivity contribution is -0.121. The monoisotopic (exact) mass is 481 g/mol. The number of fused-ring (bicyclic) bond motifs is 2. The van der Waals surface area contributed by atoms with E-state index in [0.717, 1.165) is 26.5 Å². The van der Waals surface area contributed by atoms with Crippen molar-refractivity contribution in [3.63, 3.8) is 0 Å². The third-order valence-electron chi connectivity index (χ3n) is 5.46. The lowest BCUT2D eigenvalue weighted by atomic mass is 10.0. The number of aliphatic imine (C=N–C) groups is 1. The van der Waals surface area contributed by atoms with Crippen LogP contribution in [0.3, 0.4) is 0 Å². The van der Waals surface area contributed by atoms with Crippen LogP contribution in [0.25, 0.3) is 0 Å². The molecule has 172 valence electrons. The third kappa shape index (κ3) is 5.15. The van der Waals surface area contributed by atoms with Gasteiger partial charge in [0.15, 0.2) is 0 Å². The Hall–Kier alpha value is -4.23. The number of halogens is 1. The van der Waals surface area contributed by atoms with E-state index in [1.54, 1.807) is 36.0 Å². The fourth-order valence-corrected chi connectivity index (χ4v) is 4.74. The second-order valence-electron chi connectivity index (χ2n) is 7.91. The van der Waals surface area contributed by atoms with Gasteiger partial charge in [-0.2, -0.15) is 0 Å². The molecular weight excluding hydrogens is 461 g/mol. The molecule has 5 rings (SSSR count). The van der Waals surface area contributed by atoms with Crippen molar-refractivity contribution in [3.8, 4) is 0 Å². The minimum Gasteiger partial charge on any atom is -0.273 e. The molecule has 5 nitrogen and oxygen atoms in total. The van der Waals surface area contributed by atoms with E-state index in [9.17, 15) is 14.0 Å². The van der Waals surface area contributed by atoms with Crippen molar-refractivity contribution in [1.29, 1.82) is 0 Å². The molecule has 1 aliphatic rings. The zero-order chi connectivity index (χ0) is 24.2. The number of hydrogen-bond acceptors (Lipinski definition) is 4. The lowest BCUT2D eigenvalue weighted by Gasteiger charge is -2.09. The maximum Gasteiger partial charge on any atom is 0.269 e. The zero-order valence-electron chi connectivity index (χ0n) is 18.5. The van der Waals surface area contributed by atoms with Gasteiger partial charge in [0.1, 0.15) is 5.82 Å². The fourth-order valence-electron chi connectivity index (χ4n) is 3.73. The van der Waals surface area contributed by atoms with Gasteiger partial charge in [-0.15, -0.1) is 0 Å². The number of amides is 2. The first-order valence-electron chi connectivity index (χ1n) is 11.0. The number of benzene rings is 4. The molecule has 0 unspecified atom stereocenters. The lowest BCUT2D eigenvalue weighted by Crippen LogP contribution is -2.42. The summed E-state index contributed by atoms with van der Waals surface area (Å²) >= 11 is 1.55. The van der Waals surface area contributed by atoms with E-state index in [0.29, 0.717) is 17.0 Å². The van der Waals surface area contributed by atoms with Gasteiger partial charge >= 0.3 is 0 Å². The highest BCUT2D eigenvalue weighted by molar-refractivity contribution is 7.99. The predicted molar refractivity (Wildman–Crippen MR) is 134 cm³/mol. The second kappa shape index (κ2) is 9.95. The van der Waals surface area contributed by atoms with E-state index in [2.05, 4.69) is 10.9 Å². The zero-order valence-corrected chi connectivity index (χ0v) is 19.3. The van der Waals surface area contributed by atoms with Crippen LogP contribution in [0.5, 0.6) is 0 Å². The number of hydrazine groups is 1. The van der Waals surface area contributed by atoms with E-state index in [-0.39, 0.29) is 18.1 Å². The molecule has 0 aromatic heterocycles. The highest BCUT2D eigenvalue weighted by Crippen LogP contribution is 2.41. The normalized spacial score (nSPS) is 12.0. The minimum atomic E-state index is -0.445. The van der Waals surface area contributed by atoms with Crippen molar-refractivity contribution in [2.45, 2.75) is 16.2 Å². The van der Waals surface area contributed by atoms with Crippen LogP contribution < -0.4 is 10.9 Å². The van der Waals surface area contributed by atoms with Gasteiger partial charge in [-0.1, -0.05) is 60.3 Å². The molecule has 2 N–H and O–H groups in total. The van der Waals surface area contributed by atoms with Gasteiger partial charge in [-0.05, 0) is 54.1 Å². The molecule has 0 radical (unpaired) electrons. The maximum atomic E-state index is 13.5. The Morgan fingerprint density at radius 1 is 0.800 bits per heavy atom. The van der Waals surface area contributed by atoms with Crippen molar-refractivity contribution >= 4 is 35.0 Å². The van der Waals surface area contributed by atoms with Crippen molar-refractivity contribution in [2.24, 2.45) is 4.99 Å². The average Bonchev–Trinajstić information content (AvgIpc) is 3.05. The Morgan fingerprint density at radius 2 is 1.54 bits per heavy atom. The third-order valence-corrected chi connectivity index (χ3v) is 6.60. The van der Waals surface area contributed by atoms with Crippen LogP contribution in [0.1, 0.15) is 27.0 Å². The summed E-state index contributed by atoms with van der Waals surface area (Å²) in [5.41, 5.74) is 9.16. The molecule has 1 aliphatic heterocycles. The van der Waals surface area contributed by atoms with Crippen LogP contribution in [0.4, 0.5) is 10.1 Å². The molecule has 7 heteroatoms. The Morgan fingerprint density at radius 3 is 2.34 bits per heavy atom. The van der Waals surface area contributed by atoms with Crippen molar-refractivity contribution in [3.05, 3.63) is 125 Å². The number of carbonyl (C=O) groups is 2. The summed E-state index contributed by atoms with van der Waals surface area (Å²) in [5.74, 6) is -1.08. The van der Waals surface area contributed by atoms with E-state index in [4.69, 9.17) is 4.99 Å². The molecule has 1 heterocycles. The molecule has 0 aliphatic carbocycles. The van der Waals surface area contributed by atoms with Crippen LogP contribution >= 0.6 is 11.8 Å². The molecule has 4 aromatic rings. The number of hydrogen-bond donors (Lipinski definition) is 2. The quantitative estimate of drug-likeness (QED) is 0.335. The Balaban J connectivity index is 1.40. The molecule has 0 saturated heterocycles. The summed E-state index contributed by atoms with van der Waals surface area (Å²) in [7, 11) is 0. The molecule has 0 atom stereocenters. The standard InChI is InChI=1S/C28H20FN3O2S/c29-21-13-10-19(11-14-21)27-22-8-4-5-9-24(22)35-25-15-12-20(17-23(25)30-27)28(34)32-31-26(33)16-18-6-2-1-3-7-18/h1-15,17H,16H2,(H,31,33)(H,32,34). The van der Waals surface area contributed by atoms with Crippen molar-refractivity contribution in [2.75, 3.05) is 0 Å². The first-order valence-corrected chi connectivity index (χ1v) is 11.8. The van der Waals surface area contributed by atoms with Gasteiger partial charge in [-0.3, -0.25) is 20.4 Å². The first kappa shape index (κ1) is 22.6. The highest BCUT2D eigenvalue weighted by Gasteiger charge is 2.20. The average molecular weight is 482 g/mol. The number of nitrogens with one attached hydrogen (secondary N) is 2. The molecular formula is C28H20FN3O2S. The summed E-state index contributed by atoms with van der Waals surface area (Å²) in [6.45, 7) is 0. The van der Waals surface area contributed by atoms with Gasteiger partial charge in [0.2, 0.25) is 5.91 Å². The molecule has 0 bridgehead atoms. The summed E-state index contributed by atoms with van der Waals surface area (Å²) in [6, 6.07) is 28.6. The van der Waals surface area contributed by atoms with Gasteiger partial charge in [0.25, 0.3) is 5.91 Å². The number of rotatable bonds is 4. The largest absolute Gasteiger partial charge is 0.273 e. The van der Waals surface area contributed by atoms with E-state index >= 15 is 0 Å². The molecule has 2 amide bonds. The highest BCUT2D eigenvalue weighted by atomic mass is 32.2. The van der Waals surface area contributed by atoms with Crippen LogP contribution in [-0.4, -0.2) is 17.5 Å². The summed E-state index contributed by atoms with van der Waals surface area (Å²) < 4.78 is 13.5. The van der Waals surface area contributed by atoms with Gasteiger partial charge in [-0.25, -0.2) is 9.38 Å². The summed E-state index contributed by atoms with van der Waals surface area (Å²) in [4.78, 5) is 31.7. The number of carbonyl (C=O) groups excluding carboxylic acids is 2. The van der Waals surface area contributed by atoms with Crippen LogP contribution in [-0.2, 0) is 11.2 Å². The van der Waals surface area contributed by atoms with Crippen LogP contribution in [0.2, 0.25) is 0 Å². The van der Waals surface area contributed by atoms with Crippen molar-refractivity contribution in [1.82, 2.24) is 10.9 Å². The summed E-state index contributed by atoms with van der Waals surface area (Å²) in [5, 5.41) is 0. The Bertz CT molecular complexity index is 1440. The first-order chi connectivity index (χ1) is 17.1. The van der Waals surface area contributed by atoms with Gasteiger partial charge in [0.05, 0.1) is 17.8 Å². The van der Waals surface area contributed by atoms with Gasteiger partial charge in [0, 0.05) is 26.5 Å².